The molecule has 0 spiro atoms. The molecular weight excluding hydrogens is 390 g/mol. The molecule has 0 bridgehead atoms. The number of carbonyl (C=O) groups is 2. The minimum Gasteiger partial charge on any atom is -0.478 e. The number of aromatic nitrogens is 1. The van der Waals surface area contributed by atoms with Crippen LogP contribution in [0.1, 0.15) is 60.0 Å². The number of rotatable bonds is 6. The Bertz CT molecular complexity index is 967. The van der Waals surface area contributed by atoms with Crippen molar-refractivity contribution in [1.82, 2.24) is 4.98 Å². The molecule has 2 aromatic heterocycles. The molecule has 1 atom stereocenters. The number of aliphatic carboxylic acids is 1. The Morgan fingerprint density at radius 2 is 2.04 bits per heavy atom. The number of carboxylic acid groups (broad SMARTS) is 1. The molecule has 2 heterocycles. The number of nitrogens with zero attached hydrogens (tertiary/aromatic N) is 1. The van der Waals surface area contributed by atoms with Gasteiger partial charge < -0.3 is 5.11 Å². The Morgan fingerprint density at radius 3 is 2.71 bits per heavy atom. The summed E-state index contributed by atoms with van der Waals surface area (Å²) in [6, 6.07) is 0. The van der Waals surface area contributed by atoms with E-state index >= 15 is 0 Å². The molecule has 6 heteroatoms. The molecule has 0 aromatic carbocycles. The molecule has 0 radical (unpaired) electrons. The van der Waals surface area contributed by atoms with E-state index in [-0.39, 0.29) is 5.78 Å². The zero-order valence-electron chi connectivity index (χ0n) is 16.3. The second-order valence-electron chi connectivity index (χ2n) is 7.83. The molecule has 0 saturated carbocycles. The van der Waals surface area contributed by atoms with Crippen LogP contribution >= 0.6 is 22.7 Å². The predicted molar refractivity (Wildman–Crippen MR) is 113 cm³/mol. The van der Waals surface area contributed by atoms with Crippen LogP contribution in [-0.2, 0) is 28.9 Å². The van der Waals surface area contributed by atoms with Crippen molar-refractivity contribution in [3.63, 3.8) is 0 Å². The molecule has 1 N–H and O–H groups in total. The van der Waals surface area contributed by atoms with Crippen LogP contribution in [-0.4, -0.2) is 21.8 Å². The zero-order valence-corrected chi connectivity index (χ0v) is 18.0. The van der Waals surface area contributed by atoms with Gasteiger partial charge in [0.25, 0.3) is 0 Å². The molecule has 2 aliphatic carbocycles. The summed E-state index contributed by atoms with van der Waals surface area (Å²) in [6.45, 7) is 4.25. The summed E-state index contributed by atoms with van der Waals surface area (Å²) in [5.74, 6) is -0.236. The Balaban J connectivity index is 1.72. The summed E-state index contributed by atoms with van der Waals surface area (Å²) in [6.07, 6.45) is 6.68. The van der Waals surface area contributed by atoms with Crippen molar-refractivity contribution < 1.29 is 14.7 Å². The summed E-state index contributed by atoms with van der Waals surface area (Å²) in [5, 5.41) is 12.5. The molecule has 4 rings (SSSR count). The number of thiazole rings is 1. The Morgan fingerprint density at radius 1 is 1.25 bits per heavy atom. The fourth-order valence-corrected chi connectivity index (χ4v) is 6.87. The van der Waals surface area contributed by atoms with Crippen LogP contribution in [0, 0.1) is 12.8 Å². The molecule has 1 unspecified atom stereocenters. The summed E-state index contributed by atoms with van der Waals surface area (Å²) in [5.41, 5.74) is 4.41. The quantitative estimate of drug-likeness (QED) is 0.688. The van der Waals surface area contributed by atoms with Gasteiger partial charge in [-0.3, -0.25) is 4.79 Å². The highest BCUT2D eigenvalue weighted by Gasteiger charge is 2.30. The molecule has 0 amide bonds. The SMILES string of the molecule is CCC1CCc2c(sc(CC(=O)C3=C(C(=O)O)CCC3)c2-c2nc(C)cs2)C1. The molecule has 2 aliphatic rings. The second-order valence-corrected chi connectivity index (χ2v) is 9.88. The largest absolute Gasteiger partial charge is 0.478 e. The lowest BCUT2D eigenvalue weighted by atomic mass is 9.85. The highest BCUT2D eigenvalue weighted by atomic mass is 32.1. The van der Waals surface area contributed by atoms with Gasteiger partial charge in [-0.15, -0.1) is 22.7 Å². The van der Waals surface area contributed by atoms with Gasteiger partial charge in [-0.25, -0.2) is 9.78 Å². The van der Waals surface area contributed by atoms with E-state index in [1.807, 2.05) is 6.92 Å². The van der Waals surface area contributed by atoms with Crippen molar-refractivity contribution in [2.75, 3.05) is 0 Å². The maximum absolute atomic E-state index is 13.0. The van der Waals surface area contributed by atoms with Gasteiger partial charge in [-0.1, -0.05) is 13.3 Å². The summed E-state index contributed by atoms with van der Waals surface area (Å²) in [7, 11) is 0. The molecule has 2 aromatic rings. The van der Waals surface area contributed by atoms with Gasteiger partial charge in [0, 0.05) is 44.0 Å². The lowest BCUT2D eigenvalue weighted by Crippen LogP contribution is -2.12. The van der Waals surface area contributed by atoms with Gasteiger partial charge in [0.05, 0.1) is 0 Å². The first-order valence-corrected chi connectivity index (χ1v) is 11.7. The van der Waals surface area contributed by atoms with Crippen LogP contribution in [0.3, 0.4) is 0 Å². The summed E-state index contributed by atoms with van der Waals surface area (Å²) in [4.78, 5) is 31.7. The fourth-order valence-electron chi connectivity index (χ4n) is 4.44. The second kappa shape index (κ2) is 7.91. The van der Waals surface area contributed by atoms with Crippen LogP contribution in [0.2, 0.25) is 0 Å². The van der Waals surface area contributed by atoms with E-state index < -0.39 is 5.97 Å². The number of allylic oxidation sites excluding steroid dienone is 1. The average molecular weight is 416 g/mol. The van der Waals surface area contributed by atoms with Crippen LogP contribution in [0.4, 0.5) is 0 Å². The third kappa shape index (κ3) is 3.60. The van der Waals surface area contributed by atoms with Gasteiger partial charge in [-0.05, 0) is 56.9 Å². The fraction of sp³-hybridized carbons (Fsp3) is 0.500. The number of hydrogen-bond donors (Lipinski definition) is 1. The minimum absolute atomic E-state index is 0.0185. The molecule has 148 valence electrons. The Labute approximate surface area is 173 Å². The number of carbonyl (C=O) groups excluding carboxylic acids is 1. The maximum atomic E-state index is 13.0. The van der Waals surface area contributed by atoms with Crippen LogP contribution in [0.15, 0.2) is 16.5 Å². The van der Waals surface area contributed by atoms with Gasteiger partial charge in [0.2, 0.25) is 0 Å². The van der Waals surface area contributed by atoms with Gasteiger partial charge in [-0.2, -0.15) is 0 Å². The van der Waals surface area contributed by atoms with E-state index in [4.69, 9.17) is 4.98 Å². The predicted octanol–water partition coefficient (Wildman–Crippen LogP) is 5.37. The first-order valence-electron chi connectivity index (χ1n) is 10.0. The summed E-state index contributed by atoms with van der Waals surface area (Å²) < 4.78 is 0. The minimum atomic E-state index is -0.937. The van der Waals surface area contributed by atoms with Gasteiger partial charge in [0.1, 0.15) is 5.01 Å². The average Bonchev–Trinajstić information content (AvgIpc) is 3.38. The topological polar surface area (TPSA) is 67.3 Å². The number of fused-ring (bicyclic) bond motifs is 1. The smallest absolute Gasteiger partial charge is 0.331 e. The van der Waals surface area contributed by atoms with Crippen molar-refractivity contribution in [2.45, 2.75) is 65.2 Å². The van der Waals surface area contributed by atoms with E-state index in [9.17, 15) is 14.7 Å². The molecule has 28 heavy (non-hydrogen) atoms. The third-order valence-corrected chi connectivity index (χ3v) is 8.22. The molecule has 0 fully saturated rings. The van der Waals surface area contributed by atoms with E-state index in [1.54, 1.807) is 22.7 Å². The molecular formula is C22H25NO3S2. The lowest BCUT2D eigenvalue weighted by molar-refractivity contribution is -0.133. The number of ketones is 1. The number of aryl methyl sites for hydroxylation is 1. The Hall–Kier alpha value is -1.79. The molecule has 0 saturated heterocycles. The van der Waals surface area contributed by atoms with Crippen molar-refractivity contribution in [3.05, 3.63) is 37.5 Å². The standard InChI is InChI=1S/C22H25NO3S2/c1-3-13-7-8-16-18(9-13)28-19(20(16)21-23-12(2)11-27-21)10-17(24)14-5-4-6-15(14)22(25)26/h11,13H,3-10H2,1-2H3,(H,25,26). The number of thiophene rings is 1. The van der Waals surface area contributed by atoms with E-state index in [0.717, 1.165) is 46.3 Å². The van der Waals surface area contributed by atoms with Crippen molar-refractivity contribution in [3.8, 4) is 10.6 Å². The maximum Gasteiger partial charge on any atom is 0.331 e. The van der Waals surface area contributed by atoms with Crippen molar-refractivity contribution >= 4 is 34.4 Å². The number of Topliss-reactive ketones (excluding diaryl/α,β-unsaturated/α-hetero) is 1. The number of hydrogen-bond acceptors (Lipinski definition) is 5. The lowest BCUT2D eigenvalue weighted by Gasteiger charge is -2.21. The van der Waals surface area contributed by atoms with E-state index in [0.29, 0.717) is 30.4 Å². The zero-order chi connectivity index (χ0) is 19.8. The highest BCUT2D eigenvalue weighted by Crippen LogP contribution is 2.44. The van der Waals surface area contributed by atoms with Crippen LogP contribution in [0.5, 0.6) is 0 Å². The molecule has 0 aliphatic heterocycles. The van der Waals surface area contributed by atoms with Gasteiger partial charge >= 0.3 is 5.97 Å². The number of carboxylic acids is 1. The first-order chi connectivity index (χ1) is 13.5. The van der Waals surface area contributed by atoms with Crippen LogP contribution in [0.25, 0.3) is 10.6 Å². The van der Waals surface area contributed by atoms with Crippen molar-refractivity contribution in [2.24, 2.45) is 5.92 Å². The third-order valence-electron chi connectivity index (χ3n) is 5.98. The van der Waals surface area contributed by atoms with Crippen molar-refractivity contribution in [1.29, 1.82) is 0 Å². The van der Waals surface area contributed by atoms with E-state index in [1.165, 1.54) is 23.3 Å². The first kappa shape index (κ1) is 19.5. The van der Waals surface area contributed by atoms with Crippen LogP contribution < -0.4 is 0 Å². The monoisotopic (exact) mass is 415 g/mol. The summed E-state index contributed by atoms with van der Waals surface area (Å²) >= 11 is 3.40. The van der Waals surface area contributed by atoms with Gasteiger partial charge in [0.15, 0.2) is 5.78 Å². The highest BCUT2D eigenvalue weighted by molar-refractivity contribution is 7.15. The van der Waals surface area contributed by atoms with E-state index in [2.05, 4.69) is 12.3 Å². The molecule has 4 nitrogen and oxygen atoms in total. The Kier molecular flexibility index (Phi) is 5.52. The normalized spacial score (nSPS) is 19.1.